The van der Waals surface area contributed by atoms with Crippen molar-refractivity contribution >= 4 is 241 Å². The molecular formula is H9CsF9K2RbS. The molecular weight excluding hydrogens is 500 g/mol. The Morgan fingerprint density at radius 2 is 0.571 bits per heavy atom. The van der Waals surface area contributed by atoms with Crippen molar-refractivity contribution in [3.05, 3.63) is 0 Å². The summed E-state index contributed by atoms with van der Waals surface area (Å²) >= 11 is -6.17. The average molecular weight is 509 g/mol. The average Bonchev–Trinajstić information content (AvgIpc) is 0.722. The van der Waals surface area contributed by atoms with E-state index in [9.17, 15) is 15.5 Å². The van der Waals surface area contributed by atoms with Crippen molar-refractivity contribution < 1.29 is 39.1 Å². The van der Waals surface area contributed by atoms with Crippen molar-refractivity contribution in [2.75, 3.05) is 0 Å². The van der Waals surface area contributed by atoms with E-state index in [4.69, 9.17) is 0 Å². The van der Waals surface area contributed by atoms with Crippen LogP contribution in [0.4, 0.5) is 39.1 Å². The molecule has 0 aromatic carbocycles. The molecule has 0 atom stereocenters. The zero-order chi connectivity index (χ0) is 4.50. The van der Waals surface area contributed by atoms with Crippen LogP contribution in [0.2, 0.25) is 0 Å². The maximum absolute atomic E-state index is 9.77. The van der Waals surface area contributed by atoms with Gasteiger partial charge >= 0.3 is 241 Å². The first-order valence-corrected chi connectivity index (χ1v) is 1.85. The molecule has 0 nitrogen and oxygen atoms in total. The Bertz CT molecular complexity index is 38.3. The molecule has 0 aliphatic rings. The molecule has 0 radical (unpaired) electrons. The van der Waals surface area contributed by atoms with Crippen LogP contribution >= 0.6 is 11.6 Å². The van der Waals surface area contributed by atoms with Gasteiger partial charge in [-0.05, 0) is 0 Å². The number of halogens is 9. The molecule has 0 N–H and O–H groups in total. The van der Waals surface area contributed by atoms with Gasteiger partial charge in [0.05, 0.1) is 0 Å². The van der Waals surface area contributed by atoms with Crippen LogP contribution in [0, 0.1) is 0 Å². The summed E-state index contributed by atoms with van der Waals surface area (Å²) in [6.07, 6.45) is 0. The van der Waals surface area contributed by atoms with Crippen molar-refractivity contribution in [3.63, 3.8) is 0 Å². The van der Waals surface area contributed by atoms with Gasteiger partial charge in [0.15, 0.2) is 0 Å². The van der Waals surface area contributed by atoms with E-state index >= 15 is 0 Å². The number of hydrogen-bond acceptors (Lipinski definition) is 0. The summed E-state index contributed by atoms with van der Waals surface area (Å²) in [6.45, 7) is 0. The summed E-state index contributed by atoms with van der Waals surface area (Å²) in [5.74, 6) is 0. The van der Waals surface area contributed by atoms with Gasteiger partial charge in [0.25, 0.3) is 0 Å². The van der Waals surface area contributed by atoms with Gasteiger partial charge in [0.2, 0.25) is 0 Å². The van der Waals surface area contributed by atoms with Crippen LogP contribution in [0.3, 0.4) is 0 Å². The van der Waals surface area contributed by atoms with Crippen LogP contribution < -0.4 is 0 Å². The zero-order valence-corrected chi connectivity index (χ0v) is 4.78. The van der Waals surface area contributed by atoms with Gasteiger partial charge in [-0.15, -0.1) is 0 Å². The maximum atomic E-state index is 9.77. The Morgan fingerprint density at radius 3 is 0.571 bits per heavy atom. The van der Waals surface area contributed by atoms with E-state index in [1.54, 1.807) is 0 Å². The van der Waals surface area contributed by atoms with Crippen molar-refractivity contribution in [1.29, 1.82) is 0 Å². The molecule has 0 amide bonds. The number of hydrogen-bond donors (Lipinski definition) is 0. The van der Waals surface area contributed by atoms with Crippen LogP contribution in [0.25, 0.3) is 0 Å². The molecule has 0 aromatic heterocycles. The molecule has 0 aliphatic carbocycles. The van der Waals surface area contributed by atoms with Crippen LogP contribution in [-0.4, -0.2) is 230 Å². The summed E-state index contributed by atoms with van der Waals surface area (Å²) in [5, 5.41) is 0. The topological polar surface area (TPSA) is 0 Å². The van der Waals surface area contributed by atoms with Gasteiger partial charge in [0.1, 0.15) is 0 Å². The molecule has 14 heavy (non-hydrogen) atoms. The van der Waals surface area contributed by atoms with Crippen LogP contribution in [0.5, 0.6) is 0 Å². The summed E-state index contributed by atoms with van der Waals surface area (Å²) in [4.78, 5) is 0. The van der Waals surface area contributed by atoms with Gasteiger partial charge in [-0.2, -0.15) is 0 Å². The molecule has 0 rings (SSSR count). The Kier molecular flexibility index (Phi) is 213. The Morgan fingerprint density at radius 1 is 0.571 bits per heavy atom. The fourth-order valence-electron chi connectivity index (χ4n) is 0. The minimum atomic E-state index is -6.17. The van der Waals surface area contributed by atoms with Crippen LogP contribution in [0.1, 0.15) is 0 Å². The fourth-order valence-corrected chi connectivity index (χ4v) is 0. The first-order valence-electron chi connectivity index (χ1n) is 0.617. The summed E-state index contributed by atoms with van der Waals surface area (Å²) in [6, 6.07) is 0. The van der Waals surface area contributed by atoms with Gasteiger partial charge in [-0.25, -0.2) is 0 Å². The summed E-state index contributed by atoms with van der Waals surface area (Å²) < 4.78 is 39.1. The van der Waals surface area contributed by atoms with E-state index in [0.29, 0.717) is 0 Å². The van der Waals surface area contributed by atoms with Gasteiger partial charge in [-0.1, -0.05) is 15.5 Å². The second kappa shape index (κ2) is 42.7. The van der Waals surface area contributed by atoms with E-state index in [1.165, 1.54) is 0 Å². The molecule has 0 saturated carbocycles. The monoisotopic (exact) mass is 508 g/mol. The predicted molar refractivity (Wildman–Crippen MR) is 53.1 cm³/mol. The molecule has 0 aliphatic heterocycles. The van der Waals surface area contributed by atoms with Crippen molar-refractivity contribution in [1.82, 2.24) is 0 Å². The Hall–Kier alpha value is 6.85. The standard InChI is InChI=1S/Cs.F4S.5FH.2K.Rb.4H/c;1-5(2,3)4;;;;;;;;;;;;/h;;5*1H;;;;;;;. The summed E-state index contributed by atoms with van der Waals surface area (Å²) in [5.41, 5.74) is 0. The fraction of sp³-hybridized carbons (Fsp3) is 0. The van der Waals surface area contributed by atoms with Gasteiger partial charge in [-0.3, -0.25) is 23.5 Å². The van der Waals surface area contributed by atoms with E-state index < -0.39 is 11.6 Å². The molecule has 0 unspecified atom stereocenters. The molecule has 0 saturated heterocycles. The van der Waals surface area contributed by atoms with E-state index in [-0.39, 0.29) is 253 Å². The van der Waals surface area contributed by atoms with Gasteiger partial charge in [0, 0.05) is 0 Å². The van der Waals surface area contributed by atoms with Crippen molar-refractivity contribution in [3.8, 4) is 0 Å². The molecule has 0 bridgehead atoms. The normalized spacial score (nSPS) is 5.43. The third kappa shape index (κ3) is 128. The van der Waals surface area contributed by atoms with Crippen molar-refractivity contribution in [2.45, 2.75) is 0 Å². The van der Waals surface area contributed by atoms with E-state index in [2.05, 4.69) is 0 Å². The number of rotatable bonds is 0. The molecule has 14 heteroatoms. The predicted octanol–water partition coefficient (Wildman–Crippen LogP) is 0.498. The molecule has 0 spiro atoms. The molecule has 82 valence electrons. The summed E-state index contributed by atoms with van der Waals surface area (Å²) in [7, 11) is 0. The van der Waals surface area contributed by atoms with Crippen LogP contribution in [0.15, 0.2) is 0 Å². The SMILES string of the molecule is F.F.F.F.F.FS(F)(F)F.[CsH].[KH].[KH].[RbH]. The molecule has 0 heterocycles. The van der Waals surface area contributed by atoms with Crippen molar-refractivity contribution in [2.24, 2.45) is 0 Å². The molecule has 0 aromatic rings. The van der Waals surface area contributed by atoms with E-state index in [0.717, 1.165) is 0 Å². The molecule has 0 fully saturated rings. The minimum absolute atomic E-state index is 0. The first-order chi connectivity index (χ1) is 2.00. The van der Waals surface area contributed by atoms with Gasteiger partial charge < -0.3 is 0 Å². The quantitative estimate of drug-likeness (QED) is 0.330. The van der Waals surface area contributed by atoms with Crippen LogP contribution in [-0.2, 0) is 0 Å². The zero-order valence-electron chi connectivity index (χ0n) is 3.96. The Labute approximate surface area is 270 Å². The third-order valence-electron chi connectivity index (χ3n) is 0. The second-order valence-electron chi connectivity index (χ2n) is 0.350. The first kappa shape index (κ1) is 69.8. The third-order valence-corrected chi connectivity index (χ3v) is 0. The second-order valence-corrected chi connectivity index (χ2v) is 1.05. The Balaban J connectivity index is -0.00000000222. The van der Waals surface area contributed by atoms with E-state index in [1.807, 2.05) is 0 Å².